The monoisotopic (exact) mass is 237 g/mol. The first-order valence-corrected chi connectivity index (χ1v) is 6.74. The fourth-order valence-electron chi connectivity index (χ4n) is 3.07. The predicted octanol–water partition coefficient (Wildman–Crippen LogP) is 3.81. The van der Waals surface area contributed by atoms with Gasteiger partial charge in [0.25, 0.3) is 0 Å². The van der Waals surface area contributed by atoms with Gasteiger partial charge < -0.3 is 5.73 Å². The number of nitrogens with two attached hydrogens (primary N) is 1. The maximum atomic E-state index is 6.48. The molecule has 2 aromatic rings. The van der Waals surface area contributed by atoms with Crippen LogP contribution in [0.1, 0.15) is 41.5 Å². The number of hydrogen-bond acceptors (Lipinski definition) is 1. The molecule has 0 fully saturated rings. The van der Waals surface area contributed by atoms with Crippen molar-refractivity contribution in [3.8, 4) is 0 Å². The van der Waals surface area contributed by atoms with E-state index in [0.29, 0.717) is 5.92 Å². The van der Waals surface area contributed by atoms with E-state index in [1.54, 1.807) is 0 Å². The van der Waals surface area contributed by atoms with Crippen LogP contribution in [0.3, 0.4) is 0 Å². The van der Waals surface area contributed by atoms with Gasteiger partial charge in [-0.3, -0.25) is 0 Å². The second kappa shape index (κ2) is 4.95. The van der Waals surface area contributed by atoms with E-state index in [1.165, 1.54) is 36.0 Å². The molecule has 2 N–H and O–H groups in total. The van der Waals surface area contributed by atoms with Crippen LogP contribution in [0.5, 0.6) is 0 Å². The van der Waals surface area contributed by atoms with Gasteiger partial charge in [-0.2, -0.15) is 0 Å². The van der Waals surface area contributed by atoms with Crippen molar-refractivity contribution in [1.82, 2.24) is 0 Å². The molecule has 0 aliphatic heterocycles. The third-order valence-electron chi connectivity index (χ3n) is 4.03. The van der Waals surface area contributed by atoms with Gasteiger partial charge in [0, 0.05) is 12.0 Å². The summed E-state index contributed by atoms with van der Waals surface area (Å²) in [5.41, 5.74) is 10.7. The molecule has 2 unspecified atom stereocenters. The molecule has 1 aliphatic carbocycles. The summed E-state index contributed by atoms with van der Waals surface area (Å²) in [6.45, 7) is 0. The second-order valence-electron chi connectivity index (χ2n) is 5.13. The first-order valence-electron chi connectivity index (χ1n) is 6.74. The molecule has 0 spiro atoms. The fraction of sp³-hybridized carbons (Fsp3) is 0.294. The molecule has 2 aromatic carbocycles. The molecule has 1 heteroatoms. The van der Waals surface area contributed by atoms with Crippen LogP contribution in [-0.2, 0) is 6.42 Å². The van der Waals surface area contributed by atoms with E-state index >= 15 is 0 Å². The van der Waals surface area contributed by atoms with E-state index in [0.717, 1.165) is 0 Å². The van der Waals surface area contributed by atoms with Crippen molar-refractivity contribution < 1.29 is 0 Å². The van der Waals surface area contributed by atoms with Gasteiger partial charge >= 0.3 is 0 Å². The van der Waals surface area contributed by atoms with Gasteiger partial charge in [0.1, 0.15) is 0 Å². The minimum Gasteiger partial charge on any atom is -0.323 e. The Labute approximate surface area is 109 Å². The Bertz CT molecular complexity index is 518. The average Bonchev–Trinajstić information content (AvgIpc) is 2.47. The van der Waals surface area contributed by atoms with Crippen molar-refractivity contribution in [2.75, 3.05) is 0 Å². The molecule has 18 heavy (non-hydrogen) atoms. The zero-order valence-electron chi connectivity index (χ0n) is 10.5. The van der Waals surface area contributed by atoms with E-state index in [4.69, 9.17) is 5.73 Å². The van der Waals surface area contributed by atoms with Gasteiger partial charge in [0.15, 0.2) is 0 Å². The van der Waals surface area contributed by atoms with Crippen LogP contribution in [0.15, 0.2) is 54.6 Å². The lowest BCUT2D eigenvalue weighted by atomic mass is 9.77. The number of aryl methyl sites for hydroxylation is 1. The molecule has 0 radical (unpaired) electrons. The zero-order valence-corrected chi connectivity index (χ0v) is 10.5. The highest BCUT2D eigenvalue weighted by Crippen LogP contribution is 2.38. The maximum Gasteiger partial charge on any atom is 0.0364 e. The van der Waals surface area contributed by atoms with E-state index in [9.17, 15) is 0 Å². The van der Waals surface area contributed by atoms with Crippen molar-refractivity contribution in [3.63, 3.8) is 0 Å². The minimum absolute atomic E-state index is 0.118. The first-order chi connectivity index (χ1) is 8.86. The van der Waals surface area contributed by atoms with Crippen LogP contribution >= 0.6 is 0 Å². The molecule has 92 valence electrons. The predicted molar refractivity (Wildman–Crippen MR) is 75.5 cm³/mol. The van der Waals surface area contributed by atoms with Crippen LogP contribution in [0.4, 0.5) is 0 Å². The molecule has 0 saturated carbocycles. The van der Waals surface area contributed by atoms with E-state index in [-0.39, 0.29) is 6.04 Å². The normalized spacial score (nSPS) is 20.2. The molecule has 0 saturated heterocycles. The lowest BCUT2D eigenvalue weighted by Gasteiger charge is -2.30. The van der Waals surface area contributed by atoms with Crippen LogP contribution in [0, 0.1) is 0 Å². The smallest absolute Gasteiger partial charge is 0.0364 e. The molecule has 0 heterocycles. The topological polar surface area (TPSA) is 26.0 Å². The zero-order chi connectivity index (χ0) is 12.4. The summed E-state index contributed by atoms with van der Waals surface area (Å²) >= 11 is 0. The van der Waals surface area contributed by atoms with Crippen molar-refractivity contribution in [2.45, 2.75) is 31.2 Å². The SMILES string of the molecule is NC(c1ccccc1)C1CCCc2ccccc21. The first kappa shape index (κ1) is 11.5. The molecular weight excluding hydrogens is 218 g/mol. The van der Waals surface area contributed by atoms with Gasteiger partial charge in [-0.05, 0) is 36.0 Å². The molecule has 0 aromatic heterocycles. The van der Waals surface area contributed by atoms with Gasteiger partial charge in [0.2, 0.25) is 0 Å². The Kier molecular flexibility index (Phi) is 3.16. The van der Waals surface area contributed by atoms with Gasteiger partial charge in [0.05, 0.1) is 0 Å². The van der Waals surface area contributed by atoms with E-state index in [1.807, 2.05) is 6.07 Å². The van der Waals surface area contributed by atoms with Crippen molar-refractivity contribution >= 4 is 0 Å². The molecule has 1 nitrogen and oxygen atoms in total. The van der Waals surface area contributed by atoms with Crippen molar-refractivity contribution in [3.05, 3.63) is 71.3 Å². The van der Waals surface area contributed by atoms with Gasteiger partial charge in [-0.15, -0.1) is 0 Å². The second-order valence-corrected chi connectivity index (χ2v) is 5.13. The Morgan fingerprint density at radius 3 is 2.50 bits per heavy atom. The summed E-state index contributed by atoms with van der Waals surface area (Å²) in [4.78, 5) is 0. The highest BCUT2D eigenvalue weighted by atomic mass is 14.7. The fourth-order valence-corrected chi connectivity index (χ4v) is 3.07. The van der Waals surface area contributed by atoms with Crippen LogP contribution in [-0.4, -0.2) is 0 Å². The summed E-state index contributed by atoms with van der Waals surface area (Å²) in [6.07, 6.45) is 3.66. The third kappa shape index (κ3) is 2.06. The van der Waals surface area contributed by atoms with Crippen LogP contribution in [0.2, 0.25) is 0 Å². The van der Waals surface area contributed by atoms with Crippen LogP contribution < -0.4 is 5.73 Å². The average molecular weight is 237 g/mol. The summed E-state index contributed by atoms with van der Waals surface area (Å²) < 4.78 is 0. The largest absolute Gasteiger partial charge is 0.323 e. The van der Waals surface area contributed by atoms with Crippen LogP contribution in [0.25, 0.3) is 0 Å². The quantitative estimate of drug-likeness (QED) is 0.844. The maximum absolute atomic E-state index is 6.48. The number of rotatable bonds is 2. The molecule has 2 atom stereocenters. The summed E-state index contributed by atoms with van der Waals surface area (Å²) in [6, 6.07) is 19.4. The summed E-state index contributed by atoms with van der Waals surface area (Å²) in [5, 5.41) is 0. The molecule has 0 bridgehead atoms. The molecule has 0 amide bonds. The van der Waals surface area contributed by atoms with Gasteiger partial charge in [-0.25, -0.2) is 0 Å². The Balaban J connectivity index is 1.94. The third-order valence-corrected chi connectivity index (χ3v) is 4.03. The number of fused-ring (bicyclic) bond motifs is 1. The highest BCUT2D eigenvalue weighted by molar-refractivity contribution is 5.36. The van der Waals surface area contributed by atoms with Crippen molar-refractivity contribution in [2.24, 2.45) is 5.73 Å². The Morgan fingerprint density at radius 1 is 0.944 bits per heavy atom. The molecule has 1 aliphatic rings. The standard InChI is InChI=1S/C17H19N/c18-17(14-8-2-1-3-9-14)16-12-6-10-13-7-4-5-11-15(13)16/h1-5,7-9,11,16-17H,6,10,12,18H2. The number of benzene rings is 2. The summed E-state index contributed by atoms with van der Waals surface area (Å²) in [5.74, 6) is 0.470. The van der Waals surface area contributed by atoms with E-state index < -0.39 is 0 Å². The molecular formula is C17H19N. The Hall–Kier alpha value is -1.60. The number of hydrogen-bond donors (Lipinski definition) is 1. The lowest BCUT2D eigenvalue weighted by molar-refractivity contribution is 0.474. The van der Waals surface area contributed by atoms with E-state index in [2.05, 4.69) is 48.5 Å². The van der Waals surface area contributed by atoms with Gasteiger partial charge in [-0.1, -0.05) is 54.6 Å². The Morgan fingerprint density at radius 2 is 1.67 bits per heavy atom. The van der Waals surface area contributed by atoms with Crippen molar-refractivity contribution in [1.29, 1.82) is 0 Å². The molecule has 3 rings (SSSR count). The lowest BCUT2D eigenvalue weighted by Crippen LogP contribution is -2.23. The highest BCUT2D eigenvalue weighted by Gasteiger charge is 2.25. The minimum atomic E-state index is 0.118. The summed E-state index contributed by atoms with van der Waals surface area (Å²) in [7, 11) is 0.